The number of unbranched alkanes of at least 4 members (excludes halogenated alkanes) is 1. The van der Waals surface area contributed by atoms with Crippen molar-refractivity contribution in [1.29, 1.82) is 0 Å². The number of rotatable bonds is 9. The monoisotopic (exact) mass is 401 g/mol. The molecule has 2 heterocycles. The van der Waals surface area contributed by atoms with Crippen LogP contribution in [0.5, 0.6) is 0 Å². The molecule has 1 aliphatic heterocycles. The van der Waals surface area contributed by atoms with Gasteiger partial charge in [0.25, 0.3) is 5.91 Å². The second kappa shape index (κ2) is 9.07. The van der Waals surface area contributed by atoms with Crippen LogP contribution in [0.3, 0.4) is 0 Å². The Labute approximate surface area is 169 Å². The lowest BCUT2D eigenvalue weighted by molar-refractivity contribution is -0.146. The third-order valence-corrected chi connectivity index (χ3v) is 6.28. The Morgan fingerprint density at radius 1 is 1.29 bits per heavy atom. The molecule has 150 valence electrons. The Morgan fingerprint density at radius 3 is 2.96 bits per heavy atom. The van der Waals surface area contributed by atoms with E-state index in [0.29, 0.717) is 37.7 Å². The molecule has 0 spiro atoms. The summed E-state index contributed by atoms with van der Waals surface area (Å²) in [6, 6.07) is 8.35. The zero-order chi connectivity index (χ0) is 19.3. The molecule has 4 rings (SSSR count). The number of fused-ring (bicyclic) bond motifs is 1. The molecular weight excluding hydrogens is 374 g/mol. The highest BCUT2D eigenvalue weighted by Gasteiger charge is 2.30. The second-order valence-electron chi connectivity index (χ2n) is 7.56. The summed E-state index contributed by atoms with van der Waals surface area (Å²) in [5.41, 5.74) is 1.22. The number of hydrogen-bond acceptors (Lipinski definition) is 5. The summed E-state index contributed by atoms with van der Waals surface area (Å²) in [6.45, 7) is 1.39. The Bertz CT molecular complexity index is 842. The van der Waals surface area contributed by atoms with Crippen molar-refractivity contribution in [2.24, 2.45) is 5.92 Å². The molecule has 0 radical (unpaired) electrons. The maximum absolute atomic E-state index is 12.6. The van der Waals surface area contributed by atoms with Crippen molar-refractivity contribution >= 4 is 27.3 Å². The lowest BCUT2D eigenvalue weighted by Crippen LogP contribution is -2.33. The summed E-state index contributed by atoms with van der Waals surface area (Å²) in [4.78, 5) is 12.6. The number of aliphatic hydroxyl groups is 1. The van der Waals surface area contributed by atoms with Gasteiger partial charge in [-0.2, -0.15) is 0 Å². The van der Waals surface area contributed by atoms with E-state index in [4.69, 9.17) is 14.6 Å². The number of amides is 1. The standard InChI is InChI=1S/C22H27NO4S/c24-9-3-4-10-26-21-12-16(18-14-28-20-6-2-1-5-17(18)20)11-19(27-21)22(25)23-13-15-7-8-15/h1-2,5-6,11,14-16,21,24H,3-4,7-10,12-13H2,(H,23,25)/t16-,21+/m0/s1. The number of hydrogen-bond donors (Lipinski definition) is 2. The quantitative estimate of drug-likeness (QED) is 0.625. The minimum absolute atomic E-state index is 0.0782. The Morgan fingerprint density at radius 2 is 2.14 bits per heavy atom. The van der Waals surface area contributed by atoms with E-state index in [9.17, 15) is 4.79 Å². The van der Waals surface area contributed by atoms with Gasteiger partial charge in [0.1, 0.15) is 0 Å². The van der Waals surface area contributed by atoms with Crippen molar-refractivity contribution < 1.29 is 19.4 Å². The molecule has 6 heteroatoms. The first-order chi connectivity index (χ1) is 13.7. The van der Waals surface area contributed by atoms with Gasteiger partial charge in [0.05, 0.1) is 6.61 Å². The number of nitrogens with one attached hydrogen (secondary N) is 1. The van der Waals surface area contributed by atoms with E-state index in [1.54, 1.807) is 11.3 Å². The third-order valence-electron chi connectivity index (χ3n) is 5.30. The molecular formula is C22H27NO4S. The number of ether oxygens (including phenoxy) is 2. The number of thiophene rings is 1. The predicted octanol–water partition coefficient (Wildman–Crippen LogP) is 3.93. The van der Waals surface area contributed by atoms with Gasteiger partial charge in [-0.1, -0.05) is 18.2 Å². The first-order valence-corrected chi connectivity index (χ1v) is 11.0. The Balaban J connectivity index is 1.51. The van der Waals surface area contributed by atoms with Gasteiger partial charge >= 0.3 is 0 Å². The fraction of sp³-hybridized carbons (Fsp3) is 0.500. The zero-order valence-corrected chi connectivity index (χ0v) is 16.7. The number of allylic oxidation sites excluding steroid dienone is 1. The summed E-state index contributed by atoms with van der Waals surface area (Å²) in [5.74, 6) is 0.907. The molecule has 1 fully saturated rings. The van der Waals surface area contributed by atoms with Crippen molar-refractivity contribution in [3.63, 3.8) is 0 Å². The second-order valence-corrected chi connectivity index (χ2v) is 8.47. The maximum atomic E-state index is 12.6. The molecule has 1 amide bonds. The summed E-state index contributed by atoms with van der Waals surface area (Å²) in [7, 11) is 0. The molecule has 1 aromatic carbocycles. The molecule has 2 atom stereocenters. The number of carbonyl (C=O) groups excluding carboxylic acids is 1. The van der Waals surface area contributed by atoms with E-state index >= 15 is 0 Å². The SMILES string of the molecule is O=C(NCC1CC1)C1=C[C@H](c2csc3ccccc23)C[C@H](OCCCCO)O1. The van der Waals surface area contributed by atoms with Gasteiger partial charge in [-0.05, 0) is 60.1 Å². The normalized spacial score (nSPS) is 22.0. The third kappa shape index (κ3) is 4.74. The number of benzene rings is 1. The van der Waals surface area contributed by atoms with Crippen LogP contribution in [-0.4, -0.2) is 37.1 Å². The largest absolute Gasteiger partial charge is 0.459 e. The van der Waals surface area contributed by atoms with Crippen molar-refractivity contribution in [2.75, 3.05) is 19.8 Å². The summed E-state index contributed by atoms with van der Waals surface area (Å²) >= 11 is 1.73. The van der Waals surface area contributed by atoms with Gasteiger partial charge in [0.15, 0.2) is 5.76 Å². The van der Waals surface area contributed by atoms with E-state index in [1.165, 1.54) is 28.5 Å². The lowest BCUT2D eigenvalue weighted by Gasteiger charge is -2.29. The lowest BCUT2D eigenvalue weighted by atomic mass is 9.92. The van der Waals surface area contributed by atoms with E-state index in [0.717, 1.165) is 6.42 Å². The summed E-state index contributed by atoms with van der Waals surface area (Å²) in [6.07, 6.45) is 6.05. The predicted molar refractivity (Wildman–Crippen MR) is 110 cm³/mol. The Kier molecular flexibility index (Phi) is 6.29. The first-order valence-electron chi connectivity index (χ1n) is 10.1. The van der Waals surface area contributed by atoms with Crippen molar-refractivity contribution in [1.82, 2.24) is 5.32 Å². The van der Waals surface area contributed by atoms with Gasteiger partial charge in [0, 0.05) is 30.2 Å². The van der Waals surface area contributed by atoms with Gasteiger partial charge in [-0.25, -0.2) is 0 Å². The zero-order valence-electron chi connectivity index (χ0n) is 15.9. The van der Waals surface area contributed by atoms with Crippen LogP contribution in [0, 0.1) is 5.92 Å². The smallest absolute Gasteiger partial charge is 0.286 e. The summed E-state index contributed by atoms with van der Waals surface area (Å²) < 4.78 is 13.0. The molecule has 2 N–H and O–H groups in total. The van der Waals surface area contributed by atoms with Crippen LogP contribution in [0.1, 0.15) is 43.6 Å². The van der Waals surface area contributed by atoms with Crippen molar-refractivity contribution in [3.05, 3.63) is 47.0 Å². The van der Waals surface area contributed by atoms with E-state index in [2.05, 4.69) is 22.8 Å². The highest BCUT2D eigenvalue weighted by Crippen LogP contribution is 2.38. The van der Waals surface area contributed by atoms with Gasteiger partial charge in [-0.15, -0.1) is 11.3 Å². The first kappa shape index (κ1) is 19.4. The van der Waals surface area contributed by atoms with Crippen LogP contribution in [0.25, 0.3) is 10.1 Å². The highest BCUT2D eigenvalue weighted by atomic mass is 32.1. The van der Waals surface area contributed by atoms with Crippen LogP contribution in [0.15, 0.2) is 41.5 Å². The number of aliphatic hydroxyl groups excluding tert-OH is 1. The van der Waals surface area contributed by atoms with Crippen LogP contribution in [-0.2, 0) is 14.3 Å². The average Bonchev–Trinajstić information content (AvgIpc) is 3.46. The van der Waals surface area contributed by atoms with E-state index < -0.39 is 6.29 Å². The van der Waals surface area contributed by atoms with E-state index in [1.807, 2.05) is 18.2 Å². The fourth-order valence-electron chi connectivity index (χ4n) is 3.50. The van der Waals surface area contributed by atoms with Crippen LogP contribution in [0.2, 0.25) is 0 Å². The van der Waals surface area contributed by atoms with Crippen molar-refractivity contribution in [2.45, 2.75) is 44.3 Å². The molecule has 2 aliphatic rings. The van der Waals surface area contributed by atoms with Gasteiger partial charge < -0.3 is 19.9 Å². The molecule has 2 aromatic rings. The Hall–Kier alpha value is -1.89. The van der Waals surface area contributed by atoms with Crippen LogP contribution >= 0.6 is 11.3 Å². The molecule has 0 unspecified atom stereocenters. The number of carbonyl (C=O) groups is 1. The summed E-state index contributed by atoms with van der Waals surface area (Å²) in [5, 5.41) is 15.4. The molecule has 5 nitrogen and oxygen atoms in total. The van der Waals surface area contributed by atoms with Crippen LogP contribution < -0.4 is 5.32 Å². The topological polar surface area (TPSA) is 67.8 Å². The average molecular weight is 402 g/mol. The molecule has 1 aromatic heterocycles. The maximum Gasteiger partial charge on any atom is 0.286 e. The minimum atomic E-state index is -0.450. The highest BCUT2D eigenvalue weighted by molar-refractivity contribution is 7.17. The molecule has 0 bridgehead atoms. The molecule has 1 saturated carbocycles. The molecule has 0 saturated heterocycles. The van der Waals surface area contributed by atoms with Gasteiger partial charge in [-0.3, -0.25) is 4.79 Å². The van der Waals surface area contributed by atoms with E-state index in [-0.39, 0.29) is 18.4 Å². The van der Waals surface area contributed by atoms with Crippen molar-refractivity contribution in [3.8, 4) is 0 Å². The molecule has 1 aliphatic carbocycles. The molecule has 28 heavy (non-hydrogen) atoms. The van der Waals surface area contributed by atoms with Crippen LogP contribution in [0.4, 0.5) is 0 Å². The fourth-order valence-corrected chi connectivity index (χ4v) is 4.52. The minimum Gasteiger partial charge on any atom is -0.459 e. The van der Waals surface area contributed by atoms with Gasteiger partial charge in [0.2, 0.25) is 6.29 Å².